The highest BCUT2D eigenvalue weighted by molar-refractivity contribution is 6.30. The Balaban J connectivity index is 1.30. The zero-order valence-corrected chi connectivity index (χ0v) is 17.6. The third-order valence-corrected chi connectivity index (χ3v) is 6.76. The number of hydrogen-bond acceptors (Lipinski definition) is 3. The van der Waals surface area contributed by atoms with E-state index in [-0.39, 0.29) is 5.91 Å². The topological polar surface area (TPSA) is 43.8 Å². The molecule has 2 aliphatic heterocycles. The summed E-state index contributed by atoms with van der Waals surface area (Å²) < 4.78 is 0. The third kappa shape index (κ3) is 3.49. The Morgan fingerprint density at radius 2 is 1.77 bits per heavy atom. The van der Waals surface area contributed by atoms with Gasteiger partial charge in [0.2, 0.25) is 0 Å². The van der Waals surface area contributed by atoms with Crippen LogP contribution in [0.1, 0.15) is 46.5 Å². The molecule has 30 heavy (non-hydrogen) atoms. The number of aliphatic hydroxyl groups is 1. The summed E-state index contributed by atoms with van der Waals surface area (Å²) in [5.74, 6) is 0.394. The van der Waals surface area contributed by atoms with Gasteiger partial charge in [0.1, 0.15) is 0 Å². The molecule has 1 fully saturated rings. The molecule has 5 heteroatoms. The van der Waals surface area contributed by atoms with E-state index in [2.05, 4.69) is 17.0 Å². The van der Waals surface area contributed by atoms with E-state index in [0.29, 0.717) is 18.0 Å². The Kier molecular flexibility index (Phi) is 5.23. The molecule has 2 unspecified atom stereocenters. The maximum Gasteiger partial charge on any atom is 0.256 e. The second-order valence-electron chi connectivity index (χ2n) is 8.31. The Hall–Kier alpha value is -2.40. The molecule has 1 N–H and O–H groups in total. The number of amides is 1. The van der Waals surface area contributed by atoms with Crippen molar-refractivity contribution in [3.05, 3.63) is 82.4 Å². The monoisotopic (exact) mass is 420 g/mol. The summed E-state index contributed by atoms with van der Waals surface area (Å²) in [4.78, 5) is 17.2. The van der Waals surface area contributed by atoms with Gasteiger partial charge < -0.3 is 14.9 Å². The number of hydrogen-bond donors (Lipinski definition) is 1. The summed E-state index contributed by atoms with van der Waals surface area (Å²) in [7, 11) is 0. The van der Waals surface area contributed by atoms with Gasteiger partial charge in [0.25, 0.3) is 5.91 Å². The first-order valence-corrected chi connectivity index (χ1v) is 11.0. The van der Waals surface area contributed by atoms with Crippen molar-refractivity contribution in [2.45, 2.75) is 25.0 Å². The number of rotatable bonds is 4. The fraction of sp³-hybridized carbons (Fsp3) is 0.320. The molecule has 3 aromatic rings. The molecule has 2 heterocycles. The maximum absolute atomic E-state index is 13.1. The molecule has 154 valence electrons. The van der Waals surface area contributed by atoms with Crippen molar-refractivity contribution in [1.29, 1.82) is 0 Å². The van der Waals surface area contributed by atoms with Crippen LogP contribution in [0, 0.1) is 0 Å². The lowest BCUT2D eigenvalue weighted by Crippen LogP contribution is -2.45. The molecule has 3 aromatic carbocycles. The normalized spacial score (nSPS) is 21.9. The van der Waals surface area contributed by atoms with Gasteiger partial charge in [0.05, 0.1) is 0 Å². The Labute approximate surface area is 181 Å². The summed E-state index contributed by atoms with van der Waals surface area (Å²) >= 11 is 6.04. The largest absolute Gasteiger partial charge is 0.369 e. The maximum atomic E-state index is 13.1. The highest BCUT2D eigenvalue weighted by Gasteiger charge is 2.33. The Bertz CT molecular complexity index is 1080. The van der Waals surface area contributed by atoms with Crippen LogP contribution in [0.25, 0.3) is 10.8 Å². The second kappa shape index (κ2) is 8.03. The highest BCUT2D eigenvalue weighted by atomic mass is 35.5. The minimum absolute atomic E-state index is 0.0851. The van der Waals surface area contributed by atoms with Crippen molar-refractivity contribution in [3.8, 4) is 0 Å². The number of halogens is 1. The minimum Gasteiger partial charge on any atom is -0.369 e. The molecule has 2 aliphatic rings. The fourth-order valence-electron chi connectivity index (χ4n) is 4.94. The van der Waals surface area contributed by atoms with Crippen LogP contribution >= 0.6 is 11.6 Å². The SMILES string of the molecule is O=C1c2cccc3cccc(c23)C(O)N1CCN1CCCC(c2ccc(Cl)cc2)C1. The average Bonchev–Trinajstić information content (AvgIpc) is 2.78. The number of carbonyl (C=O) groups is 1. The summed E-state index contributed by atoms with van der Waals surface area (Å²) in [5.41, 5.74) is 2.82. The van der Waals surface area contributed by atoms with Crippen molar-refractivity contribution < 1.29 is 9.90 Å². The molecule has 0 spiro atoms. The van der Waals surface area contributed by atoms with Crippen LogP contribution in [0.5, 0.6) is 0 Å². The third-order valence-electron chi connectivity index (χ3n) is 6.51. The fourth-order valence-corrected chi connectivity index (χ4v) is 5.06. The van der Waals surface area contributed by atoms with E-state index in [0.717, 1.165) is 47.4 Å². The lowest BCUT2D eigenvalue weighted by molar-refractivity contribution is 0.000147. The molecule has 0 saturated carbocycles. The van der Waals surface area contributed by atoms with E-state index in [1.165, 1.54) is 12.0 Å². The van der Waals surface area contributed by atoms with E-state index in [1.807, 2.05) is 48.5 Å². The van der Waals surface area contributed by atoms with Gasteiger partial charge >= 0.3 is 0 Å². The van der Waals surface area contributed by atoms with Crippen LogP contribution in [0.15, 0.2) is 60.7 Å². The van der Waals surface area contributed by atoms with Gasteiger partial charge in [0, 0.05) is 41.2 Å². The standard InChI is InChI=1S/C25H25ClN2O2/c26-20-11-9-17(10-12-20)19-6-3-13-27(16-19)14-15-28-24(29)21-7-1-4-18-5-2-8-22(23(18)21)25(28)30/h1-2,4-5,7-12,19,24,29H,3,6,13-16H2. The molecule has 4 nitrogen and oxygen atoms in total. The van der Waals surface area contributed by atoms with Gasteiger partial charge in [0.15, 0.2) is 6.23 Å². The lowest BCUT2D eigenvalue weighted by Gasteiger charge is -2.37. The van der Waals surface area contributed by atoms with Crippen LogP contribution in [0.2, 0.25) is 5.02 Å². The van der Waals surface area contributed by atoms with E-state index in [1.54, 1.807) is 4.90 Å². The first-order valence-electron chi connectivity index (χ1n) is 10.6. The highest BCUT2D eigenvalue weighted by Crippen LogP contribution is 2.35. The molecule has 0 aromatic heterocycles. The quantitative estimate of drug-likeness (QED) is 0.658. The van der Waals surface area contributed by atoms with Gasteiger partial charge in [-0.05, 0) is 54.5 Å². The van der Waals surface area contributed by atoms with Gasteiger partial charge in [-0.3, -0.25) is 4.79 Å². The molecule has 2 atom stereocenters. The van der Waals surface area contributed by atoms with Gasteiger partial charge in [-0.1, -0.05) is 54.1 Å². The number of likely N-dealkylation sites (tertiary alicyclic amines) is 1. The summed E-state index contributed by atoms with van der Waals surface area (Å²) in [6, 6.07) is 19.8. The van der Waals surface area contributed by atoms with Crippen LogP contribution in [0.3, 0.4) is 0 Å². The van der Waals surface area contributed by atoms with Gasteiger partial charge in [-0.15, -0.1) is 0 Å². The molecule has 5 rings (SSSR count). The van der Waals surface area contributed by atoms with Crippen molar-refractivity contribution in [2.75, 3.05) is 26.2 Å². The molecule has 1 amide bonds. The van der Waals surface area contributed by atoms with E-state index < -0.39 is 6.23 Å². The Morgan fingerprint density at radius 1 is 1.00 bits per heavy atom. The lowest BCUT2D eigenvalue weighted by atomic mass is 9.90. The van der Waals surface area contributed by atoms with Crippen LogP contribution in [-0.4, -0.2) is 47.0 Å². The summed E-state index contributed by atoms with van der Waals surface area (Å²) in [6.07, 6.45) is 1.40. The van der Waals surface area contributed by atoms with E-state index in [9.17, 15) is 9.90 Å². The zero-order valence-electron chi connectivity index (χ0n) is 16.8. The molecular formula is C25H25ClN2O2. The van der Waals surface area contributed by atoms with E-state index in [4.69, 9.17) is 11.6 Å². The smallest absolute Gasteiger partial charge is 0.256 e. The van der Waals surface area contributed by atoms with Gasteiger partial charge in [-0.2, -0.15) is 0 Å². The van der Waals surface area contributed by atoms with Crippen molar-refractivity contribution in [3.63, 3.8) is 0 Å². The van der Waals surface area contributed by atoms with Crippen LogP contribution < -0.4 is 0 Å². The molecule has 0 aliphatic carbocycles. The van der Waals surface area contributed by atoms with Crippen molar-refractivity contribution >= 4 is 28.3 Å². The minimum atomic E-state index is -0.895. The second-order valence-corrected chi connectivity index (χ2v) is 8.75. The number of nitrogens with zero attached hydrogens (tertiary/aromatic N) is 2. The van der Waals surface area contributed by atoms with Crippen LogP contribution in [-0.2, 0) is 0 Å². The average molecular weight is 421 g/mol. The first kappa shape index (κ1) is 19.6. The number of aliphatic hydroxyl groups excluding tert-OH is 1. The molecule has 0 bridgehead atoms. The summed E-state index contributed by atoms with van der Waals surface area (Å²) in [5, 5.41) is 13.6. The number of carbonyl (C=O) groups excluding carboxylic acids is 1. The predicted octanol–water partition coefficient (Wildman–Crippen LogP) is 4.82. The van der Waals surface area contributed by atoms with Crippen molar-refractivity contribution in [2.24, 2.45) is 0 Å². The zero-order chi connectivity index (χ0) is 20.7. The van der Waals surface area contributed by atoms with E-state index >= 15 is 0 Å². The Morgan fingerprint density at radius 3 is 2.57 bits per heavy atom. The summed E-state index contributed by atoms with van der Waals surface area (Å²) in [6.45, 7) is 3.25. The number of piperidine rings is 1. The van der Waals surface area contributed by atoms with Crippen LogP contribution in [0.4, 0.5) is 0 Å². The predicted molar refractivity (Wildman–Crippen MR) is 120 cm³/mol. The van der Waals surface area contributed by atoms with Gasteiger partial charge in [-0.25, -0.2) is 0 Å². The molecule has 1 saturated heterocycles. The first-order chi connectivity index (χ1) is 14.6. The number of benzene rings is 3. The van der Waals surface area contributed by atoms with Crippen molar-refractivity contribution in [1.82, 2.24) is 9.80 Å². The molecule has 0 radical (unpaired) electrons. The molecular weight excluding hydrogens is 396 g/mol.